The number of ether oxygens (including phenoxy) is 3. The molecule has 3 aromatic rings. The minimum Gasteiger partial charge on any atom is -0.493 e. The highest BCUT2D eigenvalue weighted by molar-refractivity contribution is 7.14. The van der Waals surface area contributed by atoms with E-state index in [-0.39, 0.29) is 29.4 Å². The molecule has 0 unspecified atom stereocenters. The molecule has 0 saturated heterocycles. The van der Waals surface area contributed by atoms with Crippen LogP contribution < -0.4 is 25.3 Å². The number of rotatable bonds is 8. The van der Waals surface area contributed by atoms with Crippen molar-refractivity contribution < 1.29 is 28.2 Å². The summed E-state index contributed by atoms with van der Waals surface area (Å²) in [5, 5.41) is 4.89. The van der Waals surface area contributed by atoms with Gasteiger partial charge in [0.1, 0.15) is 5.69 Å². The number of nitrogens with zero attached hydrogens (tertiary/aromatic N) is 1. The Morgan fingerprint density at radius 1 is 1.25 bits per heavy atom. The highest BCUT2D eigenvalue weighted by Crippen LogP contribution is 2.38. The summed E-state index contributed by atoms with van der Waals surface area (Å²) in [6.45, 7) is -0.354. The molecule has 10 heteroatoms. The minimum absolute atomic E-state index is 0.176. The molecule has 0 aliphatic carbocycles. The van der Waals surface area contributed by atoms with Crippen LogP contribution in [-0.4, -0.2) is 37.6 Å². The lowest BCUT2D eigenvalue weighted by Crippen LogP contribution is -2.20. The quantitative estimate of drug-likeness (QED) is 0.592. The first-order valence-corrected chi connectivity index (χ1v) is 8.87. The molecule has 0 fully saturated rings. The number of carbonyl (C=O) groups is 2. The standard InChI is InChI=1S/C18H17N3O6S/c1-24-13-6-10(7-14(25-2)16(13)27-8-15(19)22)17(23)21-18-20-11(9-28-18)12-4-3-5-26-12/h3-7,9H,8H2,1-2H3,(H2,19,22)(H,20,21,23). The molecule has 28 heavy (non-hydrogen) atoms. The fourth-order valence-electron chi connectivity index (χ4n) is 2.33. The van der Waals surface area contributed by atoms with Gasteiger partial charge in [-0.25, -0.2) is 4.98 Å². The summed E-state index contributed by atoms with van der Waals surface area (Å²) in [6.07, 6.45) is 1.55. The molecule has 2 heterocycles. The third-order valence-corrected chi connectivity index (χ3v) is 4.34. The largest absolute Gasteiger partial charge is 0.493 e. The van der Waals surface area contributed by atoms with Crippen molar-refractivity contribution in [2.45, 2.75) is 0 Å². The van der Waals surface area contributed by atoms with Crippen molar-refractivity contribution in [3.05, 3.63) is 41.5 Å². The average Bonchev–Trinajstić information content (AvgIpc) is 3.37. The van der Waals surface area contributed by atoms with Gasteiger partial charge in [-0.1, -0.05) is 0 Å². The first-order valence-electron chi connectivity index (χ1n) is 7.99. The molecule has 0 aliphatic heterocycles. The SMILES string of the molecule is COc1cc(C(=O)Nc2nc(-c3ccco3)cs2)cc(OC)c1OCC(N)=O. The van der Waals surface area contributed by atoms with Gasteiger partial charge >= 0.3 is 0 Å². The maximum atomic E-state index is 12.6. The van der Waals surface area contributed by atoms with E-state index >= 15 is 0 Å². The molecule has 2 aromatic heterocycles. The zero-order chi connectivity index (χ0) is 20.1. The Hall–Kier alpha value is -3.53. The molecule has 0 spiro atoms. The molecule has 0 aliphatic rings. The van der Waals surface area contributed by atoms with Crippen LogP contribution in [0.1, 0.15) is 10.4 Å². The third kappa shape index (κ3) is 4.23. The molecular formula is C18H17N3O6S. The summed E-state index contributed by atoms with van der Waals surface area (Å²) < 4.78 is 21.1. The van der Waals surface area contributed by atoms with Gasteiger partial charge < -0.3 is 24.4 Å². The van der Waals surface area contributed by atoms with Gasteiger partial charge in [0.25, 0.3) is 11.8 Å². The third-order valence-electron chi connectivity index (χ3n) is 3.58. The number of furan rings is 1. The number of anilines is 1. The predicted octanol–water partition coefficient (Wildman–Crippen LogP) is 2.54. The van der Waals surface area contributed by atoms with Crippen LogP contribution in [0.3, 0.4) is 0 Å². The summed E-state index contributed by atoms with van der Waals surface area (Å²) in [5.41, 5.74) is 5.98. The Kier molecular flexibility index (Phi) is 5.80. The summed E-state index contributed by atoms with van der Waals surface area (Å²) in [7, 11) is 2.81. The van der Waals surface area contributed by atoms with E-state index < -0.39 is 11.8 Å². The maximum absolute atomic E-state index is 12.6. The minimum atomic E-state index is -0.651. The lowest BCUT2D eigenvalue weighted by atomic mass is 10.1. The van der Waals surface area contributed by atoms with Gasteiger partial charge in [-0.05, 0) is 24.3 Å². The number of aromatic nitrogens is 1. The average molecular weight is 403 g/mol. The zero-order valence-electron chi connectivity index (χ0n) is 15.1. The van der Waals surface area contributed by atoms with Crippen LogP contribution in [0.2, 0.25) is 0 Å². The Bertz CT molecular complexity index is 958. The van der Waals surface area contributed by atoms with E-state index in [1.807, 2.05) is 0 Å². The summed E-state index contributed by atoms with van der Waals surface area (Å²) in [5.74, 6) is 0.161. The van der Waals surface area contributed by atoms with Crippen LogP contribution in [0.15, 0.2) is 40.3 Å². The van der Waals surface area contributed by atoms with Gasteiger partial charge in [0.2, 0.25) is 5.75 Å². The molecule has 0 bridgehead atoms. The lowest BCUT2D eigenvalue weighted by molar-refractivity contribution is -0.120. The fourth-order valence-corrected chi connectivity index (χ4v) is 3.03. The number of amides is 2. The van der Waals surface area contributed by atoms with E-state index in [4.69, 9.17) is 24.4 Å². The van der Waals surface area contributed by atoms with Gasteiger partial charge in [-0.15, -0.1) is 11.3 Å². The molecule has 146 valence electrons. The molecule has 9 nitrogen and oxygen atoms in total. The van der Waals surface area contributed by atoms with Crippen LogP contribution in [0, 0.1) is 0 Å². The number of primary amides is 1. The Morgan fingerprint density at radius 2 is 1.96 bits per heavy atom. The van der Waals surface area contributed by atoms with E-state index in [0.29, 0.717) is 16.6 Å². The van der Waals surface area contributed by atoms with E-state index in [1.54, 1.807) is 23.8 Å². The molecule has 0 radical (unpaired) electrons. The molecule has 0 atom stereocenters. The summed E-state index contributed by atoms with van der Waals surface area (Å²) >= 11 is 1.26. The molecule has 0 saturated carbocycles. The number of hydrogen-bond donors (Lipinski definition) is 2. The lowest BCUT2D eigenvalue weighted by Gasteiger charge is -2.15. The highest BCUT2D eigenvalue weighted by atomic mass is 32.1. The molecule has 3 N–H and O–H groups in total. The van der Waals surface area contributed by atoms with Crippen molar-refractivity contribution in [2.24, 2.45) is 5.73 Å². The number of methoxy groups -OCH3 is 2. The van der Waals surface area contributed by atoms with Crippen LogP contribution in [0.25, 0.3) is 11.5 Å². The van der Waals surface area contributed by atoms with Crippen molar-refractivity contribution in [3.8, 4) is 28.7 Å². The van der Waals surface area contributed by atoms with E-state index in [1.165, 1.54) is 37.7 Å². The van der Waals surface area contributed by atoms with Gasteiger partial charge in [-0.3, -0.25) is 14.9 Å². The molecule has 2 amide bonds. The van der Waals surface area contributed by atoms with E-state index in [2.05, 4.69) is 10.3 Å². The number of thiazole rings is 1. The van der Waals surface area contributed by atoms with Gasteiger partial charge in [0, 0.05) is 10.9 Å². The smallest absolute Gasteiger partial charge is 0.257 e. The Labute approximate surface area is 164 Å². The number of nitrogens with two attached hydrogens (primary N) is 1. The topological polar surface area (TPSA) is 126 Å². The van der Waals surface area contributed by atoms with Crippen molar-refractivity contribution in [3.63, 3.8) is 0 Å². The van der Waals surface area contributed by atoms with Crippen molar-refractivity contribution in [1.82, 2.24) is 4.98 Å². The van der Waals surface area contributed by atoms with Crippen molar-refractivity contribution >= 4 is 28.3 Å². The highest BCUT2D eigenvalue weighted by Gasteiger charge is 2.19. The van der Waals surface area contributed by atoms with E-state index in [9.17, 15) is 9.59 Å². The Balaban J connectivity index is 1.82. The second-order valence-electron chi connectivity index (χ2n) is 5.43. The maximum Gasteiger partial charge on any atom is 0.257 e. The second-order valence-corrected chi connectivity index (χ2v) is 6.29. The van der Waals surface area contributed by atoms with Crippen molar-refractivity contribution in [2.75, 3.05) is 26.1 Å². The molecule has 1 aromatic carbocycles. The monoisotopic (exact) mass is 403 g/mol. The predicted molar refractivity (Wildman–Crippen MR) is 102 cm³/mol. The first kappa shape index (κ1) is 19.2. The van der Waals surface area contributed by atoms with Gasteiger partial charge in [0.15, 0.2) is 29.0 Å². The van der Waals surface area contributed by atoms with Crippen LogP contribution in [0.5, 0.6) is 17.2 Å². The fraction of sp³-hybridized carbons (Fsp3) is 0.167. The zero-order valence-corrected chi connectivity index (χ0v) is 15.9. The summed E-state index contributed by atoms with van der Waals surface area (Å²) in [4.78, 5) is 27.9. The van der Waals surface area contributed by atoms with E-state index in [0.717, 1.165) is 0 Å². The van der Waals surface area contributed by atoms with Gasteiger partial charge in [0.05, 0.1) is 20.5 Å². The van der Waals surface area contributed by atoms with Crippen LogP contribution in [-0.2, 0) is 4.79 Å². The van der Waals surface area contributed by atoms with Gasteiger partial charge in [-0.2, -0.15) is 0 Å². The number of nitrogens with one attached hydrogen (secondary N) is 1. The number of benzene rings is 1. The van der Waals surface area contributed by atoms with Crippen LogP contribution >= 0.6 is 11.3 Å². The summed E-state index contributed by atoms with van der Waals surface area (Å²) in [6, 6.07) is 6.47. The second kappa shape index (κ2) is 8.44. The molecule has 3 rings (SSSR count). The number of carbonyl (C=O) groups excluding carboxylic acids is 2. The molecular weight excluding hydrogens is 386 g/mol. The normalized spacial score (nSPS) is 10.4. The Morgan fingerprint density at radius 3 is 2.54 bits per heavy atom. The van der Waals surface area contributed by atoms with Crippen molar-refractivity contribution in [1.29, 1.82) is 0 Å². The number of hydrogen-bond acceptors (Lipinski definition) is 8. The first-order chi connectivity index (χ1) is 13.5. The van der Waals surface area contributed by atoms with Crippen LogP contribution in [0.4, 0.5) is 5.13 Å².